The number of hydrogen-bond donors (Lipinski definition) is 1. The fourth-order valence-electron chi connectivity index (χ4n) is 0.625. The van der Waals surface area contributed by atoms with Gasteiger partial charge >= 0.3 is 18.0 Å². The molecule has 1 N–H and O–H groups in total. The van der Waals surface area contributed by atoms with Gasteiger partial charge in [-0.15, -0.1) is 5.48 Å². The van der Waals surface area contributed by atoms with Crippen LogP contribution < -0.4 is 5.48 Å². The van der Waals surface area contributed by atoms with Gasteiger partial charge in [-0.25, -0.2) is 14.4 Å². The van der Waals surface area contributed by atoms with Crippen molar-refractivity contribution < 1.29 is 33.7 Å². The second-order valence-electron chi connectivity index (χ2n) is 5.56. The first-order valence-corrected chi connectivity index (χ1v) is 5.50. The number of nitrogens with one attached hydrogen (secondary N) is 1. The van der Waals surface area contributed by atoms with Crippen LogP contribution in [0.4, 0.5) is 4.79 Å². The molecule has 0 bridgehead atoms. The molecule has 0 radical (unpaired) electrons. The molecule has 0 aromatic rings. The van der Waals surface area contributed by atoms with Crippen molar-refractivity contribution in [2.24, 2.45) is 0 Å². The average Bonchev–Trinajstić information content (AvgIpc) is 2.19. The Morgan fingerprint density at radius 1 is 0.842 bits per heavy atom. The minimum atomic E-state index is -1.44. The van der Waals surface area contributed by atoms with Crippen LogP contribution >= 0.6 is 0 Å². The summed E-state index contributed by atoms with van der Waals surface area (Å²) >= 11 is 0. The lowest BCUT2D eigenvalue weighted by Crippen LogP contribution is -2.36. The molecule has 0 atom stereocenters. The van der Waals surface area contributed by atoms with Crippen LogP contribution in [0.15, 0.2) is 0 Å². The lowest BCUT2D eigenvalue weighted by molar-refractivity contribution is -0.319. The molecule has 0 aliphatic heterocycles. The molecule has 0 fully saturated rings. The lowest BCUT2D eigenvalue weighted by Gasteiger charge is -2.19. The topological polar surface area (TPSA) is 100 Å². The van der Waals surface area contributed by atoms with Gasteiger partial charge in [-0.05, 0) is 41.5 Å². The van der Waals surface area contributed by atoms with E-state index in [1.54, 1.807) is 47.0 Å². The summed E-state index contributed by atoms with van der Waals surface area (Å²) < 4.78 is 4.77. The van der Waals surface area contributed by atoms with Crippen molar-refractivity contribution >= 4 is 18.0 Å². The minimum absolute atomic E-state index is 0.758. The quantitative estimate of drug-likeness (QED) is 0.437. The Morgan fingerprint density at radius 2 is 1.37 bits per heavy atom. The summed E-state index contributed by atoms with van der Waals surface area (Å²) in [5, 5.41) is 0. The van der Waals surface area contributed by atoms with E-state index in [2.05, 4.69) is 14.6 Å². The fraction of sp³-hybridized carbons (Fsp3) is 0.727. The molecule has 1 amide bonds. The summed E-state index contributed by atoms with van der Waals surface area (Å²) in [5.41, 5.74) is 0.123. The molecule has 0 aliphatic carbocycles. The first-order valence-electron chi connectivity index (χ1n) is 5.50. The molecular formula is C11H19NO7. The zero-order valence-corrected chi connectivity index (χ0v) is 11.9. The van der Waals surface area contributed by atoms with Gasteiger partial charge in [0.05, 0.1) is 0 Å². The summed E-state index contributed by atoms with van der Waals surface area (Å²) in [5.74, 6) is -2.83. The Labute approximate surface area is 111 Å². The van der Waals surface area contributed by atoms with Crippen LogP contribution in [-0.2, 0) is 28.9 Å². The van der Waals surface area contributed by atoms with Crippen LogP contribution in [0.3, 0.4) is 0 Å². The zero-order chi connectivity index (χ0) is 15.3. The highest BCUT2D eigenvalue weighted by Gasteiger charge is 2.25. The monoisotopic (exact) mass is 277 g/mol. The highest BCUT2D eigenvalue weighted by Crippen LogP contribution is 2.08. The van der Waals surface area contributed by atoms with Crippen LogP contribution in [0.2, 0.25) is 0 Å². The van der Waals surface area contributed by atoms with E-state index in [9.17, 15) is 14.4 Å². The lowest BCUT2D eigenvalue weighted by atomic mass is 10.2. The Balaban J connectivity index is 4.05. The number of carbonyl (C=O) groups is 3. The number of amides is 1. The standard InChI is InChI=1S/C11H19NO7/c1-10(2,3)16-9(15)12-17-7(13)8(14)18-19-11(4,5)6/h1-6H3,(H,12,15). The maximum absolute atomic E-state index is 11.1. The van der Waals surface area contributed by atoms with Gasteiger partial charge in [0.25, 0.3) is 0 Å². The van der Waals surface area contributed by atoms with Gasteiger partial charge in [0.1, 0.15) is 11.2 Å². The molecule has 0 unspecified atom stereocenters. The summed E-state index contributed by atoms with van der Waals surface area (Å²) in [7, 11) is 0. The molecule has 19 heavy (non-hydrogen) atoms. The predicted molar refractivity (Wildman–Crippen MR) is 62.4 cm³/mol. The second kappa shape index (κ2) is 6.37. The van der Waals surface area contributed by atoms with Crippen LogP contribution in [0, 0.1) is 0 Å². The SMILES string of the molecule is CC(C)(C)OOC(=O)C(=O)ONC(=O)OC(C)(C)C. The third-order valence-electron chi connectivity index (χ3n) is 1.16. The highest BCUT2D eigenvalue weighted by molar-refractivity contribution is 6.29. The van der Waals surface area contributed by atoms with Gasteiger partial charge in [0.2, 0.25) is 0 Å². The van der Waals surface area contributed by atoms with Crippen molar-refractivity contribution in [1.29, 1.82) is 0 Å². The summed E-state index contributed by atoms with van der Waals surface area (Å²) in [6, 6.07) is 0. The van der Waals surface area contributed by atoms with E-state index in [1.165, 1.54) is 0 Å². The number of ether oxygens (including phenoxy) is 1. The molecule has 0 aliphatic rings. The van der Waals surface area contributed by atoms with E-state index in [4.69, 9.17) is 4.74 Å². The number of hydroxylamine groups is 1. The molecule has 0 heterocycles. The van der Waals surface area contributed by atoms with Crippen molar-refractivity contribution in [1.82, 2.24) is 5.48 Å². The van der Waals surface area contributed by atoms with Gasteiger partial charge in [0.15, 0.2) is 0 Å². The van der Waals surface area contributed by atoms with Gasteiger partial charge in [-0.1, -0.05) is 0 Å². The Kier molecular flexibility index (Phi) is 5.76. The molecule has 0 spiro atoms. The van der Waals surface area contributed by atoms with E-state index in [0.29, 0.717) is 0 Å². The molecular weight excluding hydrogens is 258 g/mol. The Hall–Kier alpha value is -1.83. The number of carbonyl (C=O) groups excluding carboxylic acids is 3. The predicted octanol–water partition coefficient (Wildman–Crippen LogP) is 1.24. The zero-order valence-electron chi connectivity index (χ0n) is 11.9. The average molecular weight is 277 g/mol. The molecule has 0 aromatic carbocycles. The first-order chi connectivity index (χ1) is 8.41. The van der Waals surface area contributed by atoms with Crippen molar-refractivity contribution in [3.05, 3.63) is 0 Å². The van der Waals surface area contributed by atoms with Crippen LogP contribution in [0.1, 0.15) is 41.5 Å². The van der Waals surface area contributed by atoms with Crippen molar-refractivity contribution in [3.8, 4) is 0 Å². The Morgan fingerprint density at radius 3 is 1.79 bits per heavy atom. The Bertz CT molecular complexity index is 351. The molecule has 0 saturated heterocycles. The van der Waals surface area contributed by atoms with Crippen LogP contribution in [0.25, 0.3) is 0 Å². The molecule has 110 valence electrons. The van der Waals surface area contributed by atoms with Crippen LogP contribution in [0.5, 0.6) is 0 Å². The van der Waals surface area contributed by atoms with Crippen molar-refractivity contribution in [2.45, 2.75) is 52.7 Å². The van der Waals surface area contributed by atoms with Crippen molar-refractivity contribution in [3.63, 3.8) is 0 Å². The third kappa shape index (κ3) is 9.83. The summed E-state index contributed by atoms with van der Waals surface area (Å²) in [6.45, 7) is 9.72. The molecule has 0 saturated carbocycles. The van der Waals surface area contributed by atoms with Gasteiger partial charge in [0, 0.05) is 0 Å². The second-order valence-corrected chi connectivity index (χ2v) is 5.56. The number of rotatable bonds is 1. The molecule has 8 nitrogen and oxygen atoms in total. The van der Waals surface area contributed by atoms with Gasteiger partial charge in [-0.3, -0.25) is 4.89 Å². The number of hydrogen-bond acceptors (Lipinski definition) is 7. The van der Waals surface area contributed by atoms with E-state index in [0.717, 1.165) is 0 Å². The maximum atomic E-state index is 11.1. The van der Waals surface area contributed by atoms with E-state index < -0.39 is 29.2 Å². The minimum Gasteiger partial charge on any atom is -0.442 e. The van der Waals surface area contributed by atoms with Crippen LogP contribution in [-0.4, -0.2) is 29.2 Å². The van der Waals surface area contributed by atoms with Crippen molar-refractivity contribution in [2.75, 3.05) is 0 Å². The highest BCUT2D eigenvalue weighted by atomic mass is 17.2. The maximum Gasteiger partial charge on any atom is 0.452 e. The van der Waals surface area contributed by atoms with E-state index >= 15 is 0 Å². The molecule has 0 aromatic heterocycles. The fourth-order valence-corrected chi connectivity index (χ4v) is 0.625. The smallest absolute Gasteiger partial charge is 0.442 e. The largest absolute Gasteiger partial charge is 0.452 e. The van der Waals surface area contributed by atoms with Gasteiger partial charge in [-0.2, -0.15) is 4.89 Å². The summed E-state index contributed by atoms with van der Waals surface area (Å²) in [4.78, 5) is 46.2. The van der Waals surface area contributed by atoms with E-state index in [1.807, 2.05) is 0 Å². The van der Waals surface area contributed by atoms with E-state index in [-0.39, 0.29) is 0 Å². The molecule has 8 heteroatoms. The summed E-state index contributed by atoms with van der Waals surface area (Å²) in [6.07, 6.45) is -1.01. The molecule has 0 rings (SSSR count). The first kappa shape index (κ1) is 17.2. The third-order valence-corrected chi connectivity index (χ3v) is 1.16. The normalized spacial score (nSPS) is 11.5. The van der Waals surface area contributed by atoms with Gasteiger partial charge < -0.3 is 9.57 Å².